The van der Waals surface area contributed by atoms with Gasteiger partial charge in [0.15, 0.2) is 0 Å². The van der Waals surface area contributed by atoms with E-state index in [0.29, 0.717) is 11.3 Å². The average molecular weight is 290 g/mol. The molecule has 0 radical (unpaired) electrons. The highest BCUT2D eigenvalue weighted by atomic mass is 16.5. The van der Waals surface area contributed by atoms with Gasteiger partial charge in [0.05, 0.1) is 12.7 Å². The molecule has 114 valence electrons. The van der Waals surface area contributed by atoms with Gasteiger partial charge in [-0.1, -0.05) is 6.92 Å². The van der Waals surface area contributed by atoms with E-state index in [1.807, 2.05) is 7.05 Å². The number of hydrogen-bond acceptors (Lipinski definition) is 4. The van der Waals surface area contributed by atoms with Crippen LogP contribution in [0.5, 0.6) is 0 Å². The van der Waals surface area contributed by atoms with Gasteiger partial charge < -0.3 is 9.64 Å². The van der Waals surface area contributed by atoms with Crippen LogP contribution in [-0.2, 0) is 4.74 Å². The lowest BCUT2D eigenvalue weighted by molar-refractivity contribution is 0.0597. The first-order chi connectivity index (χ1) is 10.0. The molecule has 1 heterocycles. The Hall–Kier alpha value is -1.91. The van der Waals surface area contributed by atoms with Crippen molar-refractivity contribution >= 4 is 11.9 Å². The SMILES string of the molecule is COC(=O)c1ccc(C(=O)N(C)C2CCC(C)CC2)nc1. The van der Waals surface area contributed by atoms with E-state index in [1.54, 1.807) is 17.0 Å². The van der Waals surface area contributed by atoms with Crippen molar-refractivity contribution in [1.29, 1.82) is 0 Å². The van der Waals surface area contributed by atoms with Gasteiger partial charge in [-0.15, -0.1) is 0 Å². The van der Waals surface area contributed by atoms with Crippen LogP contribution in [-0.4, -0.2) is 42.0 Å². The molecule has 0 atom stereocenters. The Labute approximate surface area is 125 Å². The summed E-state index contributed by atoms with van der Waals surface area (Å²) >= 11 is 0. The first-order valence-electron chi connectivity index (χ1n) is 7.34. The minimum atomic E-state index is -0.448. The van der Waals surface area contributed by atoms with E-state index >= 15 is 0 Å². The minimum Gasteiger partial charge on any atom is -0.465 e. The molecule has 1 fully saturated rings. The van der Waals surface area contributed by atoms with E-state index in [2.05, 4.69) is 16.6 Å². The third kappa shape index (κ3) is 3.60. The van der Waals surface area contributed by atoms with Crippen LogP contribution in [0.25, 0.3) is 0 Å². The lowest BCUT2D eigenvalue weighted by Gasteiger charge is -2.33. The number of carbonyl (C=O) groups excluding carboxylic acids is 2. The van der Waals surface area contributed by atoms with Gasteiger partial charge in [-0.05, 0) is 43.7 Å². The summed E-state index contributed by atoms with van der Waals surface area (Å²) in [7, 11) is 3.15. The molecule has 5 nitrogen and oxygen atoms in total. The predicted octanol–water partition coefficient (Wildman–Crippen LogP) is 2.52. The van der Waals surface area contributed by atoms with Gasteiger partial charge in [-0.25, -0.2) is 4.79 Å². The van der Waals surface area contributed by atoms with Crippen LogP contribution in [0.1, 0.15) is 53.5 Å². The van der Waals surface area contributed by atoms with Crippen LogP contribution in [0.2, 0.25) is 0 Å². The zero-order valence-corrected chi connectivity index (χ0v) is 12.8. The largest absolute Gasteiger partial charge is 0.465 e. The Morgan fingerprint density at radius 1 is 1.24 bits per heavy atom. The molecule has 0 aromatic carbocycles. The summed E-state index contributed by atoms with van der Waals surface area (Å²) in [6, 6.07) is 3.44. The number of methoxy groups -OCH3 is 1. The Morgan fingerprint density at radius 2 is 1.90 bits per heavy atom. The van der Waals surface area contributed by atoms with Crippen molar-refractivity contribution in [2.45, 2.75) is 38.6 Å². The molecule has 1 aliphatic rings. The van der Waals surface area contributed by atoms with Gasteiger partial charge in [-0.3, -0.25) is 9.78 Å². The first-order valence-corrected chi connectivity index (χ1v) is 7.34. The van der Waals surface area contributed by atoms with Gasteiger partial charge in [0.1, 0.15) is 5.69 Å². The van der Waals surface area contributed by atoms with Crippen molar-refractivity contribution in [3.63, 3.8) is 0 Å². The summed E-state index contributed by atoms with van der Waals surface area (Å²) in [5.74, 6) is 0.212. The van der Waals surface area contributed by atoms with E-state index in [0.717, 1.165) is 31.6 Å². The number of nitrogens with zero attached hydrogens (tertiary/aromatic N) is 2. The van der Waals surface area contributed by atoms with Crippen molar-refractivity contribution in [2.24, 2.45) is 5.92 Å². The number of hydrogen-bond donors (Lipinski definition) is 0. The monoisotopic (exact) mass is 290 g/mol. The molecule has 2 rings (SSSR count). The summed E-state index contributed by atoms with van der Waals surface area (Å²) in [5, 5.41) is 0. The fraction of sp³-hybridized carbons (Fsp3) is 0.562. The molecule has 1 saturated carbocycles. The molecule has 0 unspecified atom stereocenters. The standard InChI is InChI=1S/C16H22N2O3/c1-11-4-7-13(8-5-11)18(2)15(19)14-9-6-12(10-17-14)16(20)21-3/h6,9-11,13H,4-5,7-8H2,1-3H3. The fourth-order valence-electron chi connectivity index (χ4n) is 2.74. The third-order valence-electron chi connectivity index (χ3n) is 4.26. The molecule has 0 aliphatic heterocycles. The zero-order valence-electron chi connectivity index (χ0n) is 12.8. The number of carbonyl (C=O) groups is 2. The number of pyridine rings is 1. The van der Waals surface area contributed by atoms with Crippen molar-refractivity contribution in [3.8, 4) is 0 Å². The normalized spacial score (nSPS) is 21.7. The van der Waals surface area contributed by atoms with Gasteiger partial charge in [0.25, 0.3) is 5.91 Å². The molecule has 0 saturated heterocycles. The second kappa shape index (κ2) is 6.70. The van der Waals surface area contributed by atoms with Crippen molar-refractivity contribution < 1.29 is 14.3 Å². The minimum absolute atomic E-state index is 0.0917. The molecule has 0 N–H and O–H groups in total. The average Bonchev–Trinajstić information content (AvgIpc) is 2.53. The Bertz CT molecular complexity index is 505. The van der Waals surface area contributed by atoms with E-state index in [9.17, 15) is 9.59 Å². The summed E-state index contributed by atoms with van der Waals surface area (Å²) in [6.45, 7) is 2.26. The highest BCUT2D eigenvalue weighted by Gasteiger charge is 2.26. The highest BCUT2D eigenvalue weighted by molar-refractivity contribution is 5.94. The number of rotatable bonds is 3. The number of esters is 1. The Morgan fingerprint density at radius 3 is 2.43 bits per heavy atom. The van der Waals surface area contributed by atoms with Crippen LogP contribution >= 0.6 is 0 Å². The Kier molecular flexibility index (Phi) is 4.94. The maximum atomic E-state index is 12.4. The molecule has 1 aliphatic carbocycles. The molecule has 0 spiro atoms. The second-order valence-corrected chi connectivity index (χ2v) is 5.75. The lowest BCUT2D eigenvalue weighted by Crippen LogP contribution is -2.39. The van der Waals surface area contributed by atoms with Crippen LogP contribution in [0.15, 0.2) is 18.3 Å². The van der Waals surface area contributed by atoms with Gasteiger partial charge in [0.2, 0.25) is 0 Å². The summed E-state index contributed by atoms with van der Waals surface area (Å²) in [5.41, 5.74) is 0.715. The zero-order chi connectivity index (χ0) is 15.4. The van der Waals surface area contributed by atoms with Gasteiger partial charge in [0, 0.05) is 19.3 Å². The maximum Gasteiger partial charge on any atom is 0.339 e. The number of ether oxygens (including phenoxy) is 1. The van der Waals surface area contributed by atoms with Crippen LogP contribution in [0.3, 0.4) is 0 Å². The smallest absolute Gasteiger partial charge is 0.339 e. The molecule has 1 amide bonds. The van der Waals surface area contributed by atoms with Crippen LogP contribution in [0.4, 0.5) is 0 Å². The first kappa shape index (κ1) is 15.5. The van der Waals surface area contributed by atoms with E-state index in [1.165, 1.54) is 13.3 Å². The summed E-state index contributed by atoms with van der Waals surface area (Å²) in [4.78, 5) is 29.6. The predicted molar refractivity (Wildman–Crippen MR) is 79.1 cm³/mol. The fourth-order valence-corrected chi connectivity index (χ4v) is 2.74. The molecule has 21 heavy (non-hydrogen) atoms. The Balaban J connectivity index is 2.03. The molecular weight excluding hydrogens is 268 g/mol. The molecular formula is C16H22N2O3. The quantitative estimate of drug-likeness (QED) is 0.803. The summed E-state index contributed by atoms with van der Waals surface area (Å²) < 4.78 is 4.61. The third-order valence-corrected chi connectivity index (χ3v) is 4.26. The van der Waals surface area contributed by atoms with Crippen molar-refractivity contribution in [2.75, 3.05) is 14.2 Å². The molecule has 5 heteroatoms. The highest BCUT2D eigenvalue weighted by Crippen LogP contribution is 2.27. The van der Waals surface area contributed by atoms with E-state index in [4.69, 9.17) is 0 Å². The molecule has 0 bridgehead atoms. The van der Waals surface area contributed by atoms with E-state index in [-0.39, 0.29) is 11.9 Å². The van der Waals surface area contributed by atoms with Crippen molar-refractivity contribution in [3.05, 3.63) is 29.6 Å². The molecule has 1 aromatic rings. The molecule has 1 aromatic heterocycles. The van der Waals surface area contributed by atoms with Crippen LogP contribution in [0, 0.1) is 5.92 Å². The van der Waals surface area contributed by atoms with E-state index < -0.39 is 5.97 Å². The van der Waals surface area contributed by atoms with Gasteiger partial charge in [-0.2, -0.15) is 0 Å². The second-order valence-electron chi connectivity index (χ2n) is 5.75. The summed E-state index contributed by atoms with van der Waals surface area (Å²) in [6.07, 6.45) is 5.80. The van der Waals surface area contributed by atoms with Gasteiger partial charge >= 0.3 is 5.97 Å². The number of amides is 1. The lowest BCUT2D eigenvalue weighted by atomic mass is 9.86. The maximum absolute atomic E-state index is 12.4. The number of aromatic nitrogens is 1. The topological polar surface area (TPSA) is 59.5 Å². The van der Waals surface area contributed by atoms with Crippen molar-refractivity contribution in [1.82, 2.24) is 9.88 Å². The van der Waals surface area contributed by atoms with Crippen LogP contribution < -0.4 is 0 Å².